The molecule has 1 atom stereocenters. The van der Waals surface area contributed by atoms with Gasteiger partial charge in [-0.05, 0) is 32.6 Å². The molecule has 0 bridgehead atoms. The number of rotatable bonds is 3. The Labute approximate surface area is 85.8 Å². The van der Waals surface area contributed by atoms with E-state index in [1.54, 1.807) is 6.92 Å². The molecule has 3 nitrogen and oxygen atoms in total. The van der Waals surface area contributed by atoms with Crippen molar-refractivity contribution in [3.8, 4) is 0 Å². The minimum Gasteiger partial charge on any atom is -0.435 e. The maximum absolute atomic E-state index is 11.1. The van der Waals surface area contributed by atoms with E-state index in [9.17, 15) is 4.79 Å². The molecule has 3 heteroatoms. The highest BCUT2D eigenvalue weighted by molar-refractivity contribution is 5.60. The summed E-state index contributed by atoms with van der Waals surface area (Å²) in [6.07, 6.45) is 5.70. The zero-order valence-corrected chi connectivity index (χ0v) is 9.12. The standard InChI is InChI=1S/C11H20O3/c1-3-13-11(12)14-9(2)10-7-5-4-6-8-10/h9-10H,3-8H2,1-2H3. The van der Waals surface area contributed by atoms with Gasteiger partial charge in [0.25, 0.3) is 0 Å². The van der Waals surface area contributed by atoms with E-state index in [1.807, 2.05) is 6.92 Å². The van der Waals surface area contributed by atoms with Crippen LogP contribution in [0.3, 0.4) is 0 Å². The molecule has 0 heterocycles. The van der Waals surface area contributed by atoms with E-state index in [0.29, 0.717) is 12.5 Å². The van der Waals surface area contributed by atoms with Gasteiger partial charge in [0.1, 0.15) is 6.10 Å². The van der Waals surface area contributed by atoms with E-state index < -0.39 is 6.16 Å². The first-order valence-corrected chi connectivity index (χ1v) is 5.57. The summed E-state index contributed by atoms with van der Waals surface area (Å²) in [5.41, 5.74) is 0. The Morgan fingerprint density at radius 3 is 2.57 bits per heavy atom. The highest BCUT2D eigenvalue weighted by atomic mass is 16.7. The molecule has 1 fully saturated rings. The maximum Gasteiger partial charge on any atom is 0.508 e. The summed E-state index contributed by atoms with van der Waals surface area (Å²) in [6.45, 7) is 4.13. The number of hydrogen-bond acceptors (Lipinski definition) is 3. The van der Waals surface area contributed by atoms with Gasteiger partial charge in [-0.2, -0.15) is 0 Å². The number of carbonyl (C=O) groups excluding carboxylic acids is 1. The molecule has 0 saturated heterocycles. The van der Waals surface area contributed by atoms with Crippen molar-refractivity contribution in [3.63, 3.8) is 0 Å². The third-order valence-corrected chi connectivity index (χ3v) is 2.86. The third-order valence-electron chi connectivity index (χ3n) is 2.86. The predicted molar refractivity (Wildman–Crippen MR) is 54.1 cm³/mol. The van der Waals surface area contributed by atoms with Crippen LogP contribution in [0.5, 0.6) is 0 Å². The molecule has 0 N–H and O–H groups in total. The number of ether oxygens (including phenoxy) is 2. The fourth-order valence-electron chi connectivity index (χ4n) is 2.00. The quantitative estimate of drug-likeness (QED) is 0.656. The van der Waals surface area contributed by atoms with Crippen LogP contribution in [0.4, 0.5) is 4.79 Å². The van der Waals surface area contributed by atoms with Gasteiger partial charge in [0.15, 0.2) is 0 Å². The third kappa shape index (κ3) is 3.56. The summed E-state index contributed by atoms with van der Waals surface area (Å²) in [5, 5.41) is 0. The van der Waals surface area contributed by atoms with Gasteiger partial charge in [0, 0.05) is 0 Å². The van der Waals surface area contributed by atoms with Crippen LogP contribution >= 0.6 is 0 Å². The minimum atomic E-state index is -0.523. The average Bonchev–Trinajstić information content (AvgIpc) is 2.19. The lowest BCUT2D eigenvalue weighted by molar-refractivity contribution is 0.00496. The van der Waals surface area contributed by atoms with Crippen LogP contribution in [0, 0.1) is 5.92 Å². The molecule has 14 heavy (non-hydrogen) atoms. The SMILES string of the molecule is CCOC(=O)OC(C)C1CCCCC1. The summed E-state index contributed by atoms with van der Waals surface area (Å²) >= 11 is 0. The van der Waals surface area contributed by atoms with Crippen molar-refractivity contribution < 1.29 is 14.3 Å². The van der Waals surface area contributed by atoms with E-state index in [0.717, 1.165) is 0 Å². The monoisotopic (exact) mass is 200 g/mol. The van der Waals surface area contributed by atoms with Crippen molar-refractivity contribution in [2.24, 2.45) is 5.92 Å². The highest BCUT2D eigenvalue weighted by Gasteiger charge is 2.23. The molecule has 0 radical (unpaired) electrons. The van der Waals surface area contributed by atoms with Crippen LogP contribution in [0.25, 0.3) is 0 Å². The Hall–Kier alpha value is -0.730. The fraction of sp³-hybridized carbons (Fsp3) is 0.909. The van der Waals surface area contributed by atoms with E-state index in [2.05, 4.69) is 0 Å². The first-order chi connectivity index (χ1) is 6.74. The van der Waals surface area contributed by atoms with Crippen molar-refractivity contribution in [3.05, 3.63) is 0 Å². The summed E-state index contributed by atoms with van der Waals surface area (Å²) < 4.78 is 9.91. The van der Waals surface area contributed by atoms with Gasteiger partial charge >= 0.3 is 6.16 Å². The maximum atomic E-state index is 11.1. The summed E-state index contributed by atoms with van der Waals surface area (Å²) in [5.74, 6) is 0.535. The Morgan fingerprint density at radius 1 is 1.36 bits per heavy atom. The van der Waals surface area contributed by atoms with E-state index >= 15 is 0 Å². The Kier molecular flexibility index (Phi) is 4.77. The van der Waals surface area contributed by atoms with Crippen LogP contribution in [-0.2, 0) is 9.47 Å². The largest absolute Gasteiger partial charge is 0.508 e. The van der Waals surface area contributed by atoms with Crippen LogP contribution < -0.4 is 0 Å². The lowest BCUT2D eigenvalue weighted by atomic mass is 9.86. The van der Waals surface area contributed by atoms with E-state index in [-0.39, 0.29) is 6.10 Å². The smallest absolute Gasteiger partial charge is 0.435 e. The van der Waals surface area contributed by atoms with Crippen molar-refractivity contribution in [2.75, 3.05) is 6.61 Å². The molecule has 1 rings (SSSR count). The van der Waals surface area contributed by atoms with E-state index in [1.165, 1.54) is 32.1 Å². The lowest BCUT2D eigenvalue weighted by Gasteiger charge is -2.26. The number of carbonyl (C=O) groups is 1. The molecule has 0 spiro atoms. The second-order valence-electron chi connectivity index (χ2n) is 3.90. The molecule has 82 valence electrons. The first kappa shape index (κ1) is 11.3. The van der Waals surface area contributed by atoms with Gasteiger partial charge in [-0.15, -0.1) is 0 Å². The van der Waals surface area contributed by atoms with Crippen molar-refractivity contribution in [1.29, 1.82) is 0 Å². The van der Waals surface area contributed by atoms with Crippen molar-refractivity contribution >= 4 is 6.16 Å². The Balaban J connectivity index is 2.25. The lowest BCUT2D eigenvalue weighted by Crippen LogP contribution is -2.26. The molecule has 1 saturated carbocycles. The van der Waals surface area contributed by atoms with Gasteiger partial charge in [-0.25, -0.2) is 4.79 Å². The Morgan fingerprint density at radius 2 is 2.00 bits per heavy atom. The van der Waals surface area contributed by atoms with Gasteiger partial charge in [0.2, 0.25) is 0 Å². The summed E-state index contributed by atoms with van der Waals surface area (Å²) in [6, 6.07) is 0. The molecular formula is C11H20O3. The van der Waals surface area contributed by atoms with Crippen molar-refractivity contribution in [2.45, 2.75) is 52.1 Å². The van der Waals surface area contributed by atoms with Gasteiger partial charge < -0.3 is 9.47 Å². The topological polar surface area (TPSA) is 35.5 Å². The molecular weight excluding hydrogens is 180 g/mol. The van der Waals surface area contributed by atoms with Crippen LogP contribution in [0.15, 0.2) is 0 Å². The first-order valence-electron chi connectivity index (χ1n) is 5.57. The predicted octanol–water partition coefficient (Wildman–Crippen LogP) is 3.13. The minimum absolute atomic E-state index is 0.00866. The highest BCUT2D eigenvalue weighted by Crippen LogP contribution is 2.27. The Bertz CT molecular complexity index is 173. The molecule has 0 amide bonds. The number of hydrogen-bond donors (Lipinski definition) is 0. The molecule has 1 unspecified atom stereocenters. The summed E-state index contributed by atoms with van der Waals surface area (Å²) in [4.78, 5) is 11.1. The summed E-state index contributed by atoms with van der Waals surface area (Å²) in [7, 11) is 0. The van der Waals surface area contributed by atoms with E-state index in [4.69, 9.17) is 9.47 Å². The molecule has 1 aliphatic carbocycles. The average molecular weight is 200 g/mol. The molecule has 0 aliphatic heterocycles. The van der Waals surface area contributed by atoms with Gasteiger partial charge in [0.05, 0.1) is 6.61 Å². The molecule has 0 aromatic heterocycles. The van der Waals surface area contributed by atoms with Crippen LogP contribution in [-0.4, -0.2) is 18.9 Å². The molecule has 0 aromatic carbocycles. The van der Waals surface area contributed by atoms with Crippen LogP contribution in [0.2, 0.25) is 0 Å². The second kappa shape index (κ2) is 5.89. The zero-order valence-electron chi connectivity index (χ0n) is 9.12. The normalized spacial score (nSPS) is 20.1. The second-order valence-corrected chi connectivity index (χ2v) is 3.90. The van der Waals surface area contributed by atoms with Gasteiger partial charge in [-0.3, -0.25) is 0 Å². The fourth-order valence-corrected chi connectivity index (χ4v) is 2.00. The zero-order chi connectivity index (χ0) is 10.4. The van der Waals surface area contributed by atoms with Crippen LogP contribution in [0.1, 0.15) is 46.0 Å². The van der Waals surface area contributed by atoms with Crippen molar-refractivity contribution in [1.82, 2.24) is 0 Å². The van der Waals surface area contributed by atoms with Gasteiger partial charge in [-0.1, -0.05) is 19.3 Å². The molecule has 0 aromatic rings. The molecule has 1 aliphatic rings.